The highest BCUT2D eigenvalue weighted by Crippen LogP contribution is 2.37. The van der Waals surface area contributed by atoms with Crippen LogP contribution in [0.5, 0.6) is 5.75 Å². The summed E-state index contributed by atoms with van der Waals surface area (Å²) in [6.07, 6.45) is -17.4. The van der Waals surface area contributed by atoms with Crippen LogP contribution in [0.3, 0.4) is 0 Å². The molecule has 0 spiro atoms. The molecule has 0 amide bonds. The molecule has 12 heteroatoms. The molecule has 0 aliphatic rings. The van der Waals surface area contributed by atoms with E-state index in [1.54, 1.807) is 12.1 Å². The molecule has 37 heavy (non-hydrogen) atoms. The molecule has 200 valence electrons. The zero-order valence-electron chi connectivity index (χ0n) is 19.4. The number of esters is 1. The fourth-order valence-corrected chi connectivity index (χ4v) is 4.09. The maximum atomic E-state index is 13.9. The minimum Gasteiger partial charge on any atom is -0.493 e. The topological polar surface area (TPSA) is 54.0 Å². The fourth-order valence-electron chi connectivity index (χ4n) is 2.99. The highest BCUT2D eigenvalue weighted by Gasteiger charge is 2.52. The molecule has 0 fully saturated rings. The Morgan fingerprint density at radius 1 is 0.892 bits per heavy atom. The van der Waals surface area contributed by atoms with Gasteiger partial charge in [0.25, 0.3) is 0 Å². The normalized spacial score (nSPS) is 12.5. The summed E-state index contributed by atoms with van der Waals surface area (Å²) in [7, 11) is 0. The molecule has 0 bridgehead atoms. The molecule has 2 aromatic carbocycles. The number of hydrogen-bond acceptors (Lipinski definition) is 6. The van der Waals surface area contributed by atoms with Gasteiger partial charge in [-0.3, -0.25) is 0 Å². The van der Waals surface area contributed by atoms with Gasteiger partial charge in [0.05, 0.1) is 26.1 Å². The second-order valence-electron chi connectivity index (χ2n) is 7.88. The van der Waals surface area contributed by atoms with Crippen LogP contribution in [-0.2, 0) is 19.0 Å². The van der Waals surface area contributed by atoms with Crippen molar-refractivity contribution in [1.29, 1.82) is 0 Å². The van der Waals surface area contributed by atoms with Gasteiger partial charge in [-0.2, -0.15) is 17.6 Å². The first-order valence-electron chi connectivity index (χ1n) is 10.8. The standard InChI is InChI=1S/C25H22F6O5S/c1-16(2)22(32)34-13-11-24(28,29)36-25(30,31)35-23(26,27)10-12-33-19-9-8-18-14-20(37-21(18)15-19)17-6-4-3-5-7-17/h3-9,14-15H,1,10-13H2,2H3. The summed E-state index contributed by atoms with van der Waals surface area (Å²) >= 11 is 1.45. The number of ether oxygens (including phenoxy) is 4. The quantitative estimate of drug-likeness (QED) is 0.0952. The van der Waals surface area contributed by atoms with Crippen molar-refractivity contribution in [1.82, 2.24) is 0 Å². The van der Waals surface area contributed by atoms with Crippen molar-refractivity contribution >= 4 is 27.4 Å². The lowest BCUT2D eigenvalue weighted by Crippen LogP contribution is -2.41. The Hall–Kier alpha value is -3.09. The van der Waals surface area contributed by atoms with Gasteiger partial charge in [0.2, 0.25) is 0 Å². The highest BCUT2D eigenvalue weighted by atomic mass is 32.1. The average Bonchev–Trinajstić information content (AvgIpc) is 3.21. The number of alkyl halides is 6. The number of rotatable bonds is 13. The van der Waals surface area contributed by atoms with Crippen molar-refractivity contribution in [2.75, 3.05) is 13.2 Å². The van der Waals surface area contributed by atoms with Crippen LogP contribution in [0.4, 0.5) is 26.3 Å². The summed E-state index contributed by atoms with van der Waals surface area (Å²) < 4.78 is 99.0. The van der Waals surface area contributed by atoms with Crippen LogP contribution in [-0.4, -0.2) is 37.7 Å². The first kappa shape index (κ1) is 28.5. The summed E-state index contributed by atoms with van der Waals surface area (Å²) in [5.74, 6) is -0.816. The van der Waals surface area contributed by atoms with Crippen molar-refractivity contribution in [3.05, 3.63) is 66.7 Å². The van der Waals surface area contributed by atoms with E-state index in [0.29, 0.717) is 0 Å². The Kier molecular flexibility index (Phi) is 8.88. The van der Waals surface area contributed by atoms with Gasteiger partial charge in [0, 0.05) is 15.2 Å². The molecule has 3 aromatic rings. The van der Waals surface area contributed by atoms with E-state index in [4.69, 9.17) is 4.74 Å². The fraction of sp³-hybridized carbons (Fsp3) is 0.320. The second kappa shape index (κ2) is 11.5. The summed E-state index contributed by atoms with van der Waals surface area (Å²) in [4.78, 5) is 12.1. The molecule has 0 atom stereocenters. The minimum atomic E-state index is -5.34. The van der Waals surface area contributed by atoms with E-state index >= 15 is 0 Å². The van der Waals surface area contributed by atoms with E-state index in [0.717, 1.165) is 20.5 Å². The lowest BCUT2D eigenvalue weighted by Gasteiger charge is -2.26. The van der Waals surface area contributed by atoms with Gasteiger partial charge in [0.15, 0.2) is 0 Å². The van der Waals surface area contributed by atoms with E-state index in [1.807, 2.05) is 36.4 Å². The zero-order chi connectivity index (χ0) is 27.3. The number of halogens is 6. The summed E-state index contributed by atoms with van der Waals surface area (Å²) in [6, 6.07) is 16.4. The Labute approximate surface area is 212 Å². The Balaban J connectivity index is 1.51. The third-order valence-corrected chi connectivity index (χ3v) is 5.87. The van der Waals surface area contributed by atoms with Gasteiger partial charge in [-0.15, -0.1) is 20.1 Å². The molecular formula is C25H22F6O5S. The molecule has 0 saturated heterocycles. The first-order chi connectivity index (χ1) is 17.3. The predicted molar refractivity (Wildman–Crippen MR) is 125 cm³/mol. The molecule has 1 aromatic heterocycles. The molecule has 0 aliphatic heterocycles. The lowest BCUT2D eigenvalue weighted by molar-refractivity contribution is -0.514. The monoisotopic (exact) mass is 548 g/mol. The summed E-state index contributed by atoms with van der Waals surface area (Å²) in [5.41, 5.74) is 0.900. The van der Waals surface area contributed by atoms with E-state index in [2.05, 4.69) is 20.8 Å². The van der Waals surface area contributed by atoms with Crippen molar-refractivity contribution in [3.8, 4) is 16.2 Å². The molecule has 1 heterocycles. The Morgan fingerprint density at radius 3 is 2.14 bits per heavy atom. The number of fused-ring (bicyclic) bond motifs is 1. The Bertz CT molecular complexity index is 1230. The number of thiophene rings is 1. The van der Waals surface area contributed by atoms with Gasteiger partial charge in [0.1, 0.15) is 5.75 Å². The summed E-state index contributed by atoms with van der Waals surface area (Å²) in [6.45, 7) is 2.69. The first-order valence-corrected chi connectivity index (χ1v) is 11.7. The van der Waals surface area contributed by atoms with Gasteiger partial charge >= 0.3 is 24.5 Å². The number of benzene rings is 2. The maximum Gasteiger partial charge on any atom is 0.494 e. The molecule has 5 nitrogen and oxygen atoms in total. The van der Waals surface area contributed by atoms with Gasteiger partial charge in [-0.25, -0.2) is 14.3 Å². The lowest BCUT2D eigenvalue weighted by atomic mass is 10.1. The van der Waals surface area contributed by atoms with Crippen LogP contribution in [0.2, 0.25) is 0 Å². The molecule has 3 rings (SSSR count). The Morgan fingerprint density at radius 2 is 1.51 bits per heavy atom. The van der Waals surface area contributed by atoms with E-state index in [-0.39, 0.29) is 11.3 Å². The van der Waals surface area contributed by atoms with Gasteiger partial charge < -0.3 is 9.47 Å². The predicted octanol–water partition coefficient (Wildman–Crippen LogP) is 7.62. The summed E-state index contributed by atoms with van der Waals surface area (Å²) in [5, 5.41) is 0.900. The van der Waals surface area contributed by atoms with Crippen LogP contribution in [0.1, 0.15) is 19.8 Å². The van der Waals surface area contributed by atoms with Crippen molar-refractivity contribution in [2.24, 2.45) is 0 Å². The van der Waals surface area contributed by atoms with E-state index in [1.165, 1.54) is 24.3 Å². The van der Waals surface area contributed by atoms with Crippen molar-refractivity contribution in [3.63, 3.8) is 0 Å². The third kappa shape index (κ3) is 8.76. The highest BCUT2D eigenvalue weighted by molar-refractivity contribution is 7.22. The van der Waals surface area contributed by atoms with E-state index < -0.39 is 50.5 Å². The SMILES string of the molecule is C=C(C)C(=O)OCCC(F)(F)OC(F)(F)OC(F)(F)CCOc1ccc2cc(-c3ccccc3)sc2c1. The van der Waals surface area contributed by atoms with Crippen molar-refractivity contribution in [2.45, 2.75) is 38.3 Å². The van der Waals surface area contributed by atoms with Crippen LogP contribution in [0.15, 0.2) is 66.7 Å². The molecule has 0 unspecified atom stereocenters. The van der Waals surface area contributed by atoms with Gasteiger partial charge in [-0.05, 0) is 42.1 Å². The minimum absolute atomic E-state index is 0.105. The molecule has 0 aliphatic carbocycles. The number of carbonyl (C=O) groups excluding carboxylic acids is 1. The molecule has 0 N–H and O–H groups in total. The zero-order valence-corrected chi connectivity index (χ0v) is 20.3. The number of hydrogen-bond donors (Lipinski definition) is 0. The van der Waals surface area contributed by atoms with E-state index in [9.17, 15) is 31.1 Å². The molecule has 0 radical (unpaired) electrons. The largest absolute Gasteiger partial charge is 0.494 e. The van der Waals surface area contributed by atoms with Crippen LogP contribution < -0.4 is 4.74 Å². The smallest absolute Gasteiger partial charge is 0.493 e. The molecular weight excluding hydrogens is 526 g/mol. The van der Waals surface area contributed by atoms with Gasteiger partial charge in [-0.1, -0.05) is 36.9 Å². The second-order valence-corrected chi connectivity index (χ2v) is 8.97. The van der Waals surface area contributed by atoms with Crippen LogP contribution in [0.25, 0.3) is 20.5 Å². The maximum absolute atomic E-state index is 13.9. The molecule has 0 saturated carbocycles. The third-order valence-electron chi connectivity index (χ3n) is 4.72. The van der Waals surface area contributed by atoms with Crippen molar-refractivity contribution < 1.29 is 50.1 Å². The van der Waals surface area contributed by atoms with Crippen LogP contribution >= 0.6 is 11.3 Å². The average molecular weight is 549 g/mol. The number of carbonyl (C=O) groups is 1. The van der Waals surface area contributed by atoms with Crippen LogP contribution in [0, 0.1) is 0 Å².